The van der Waals surface area contributed by atoms with Gasteiger partial charge in [-0.1, -0.05) is 45.0 Å². The maximum atomic E-state index is 13.2. The molecule has 0 spiro atoms. The molecule has 0 saturated carbocycles. The lowest BCUT2D eigenvalue weighted by atomic mass is 9.87. The fourth-order valence-electron chi connectivity index (χ4n) is 3.92. The first-order valence-electron chi connectivity index (χ1n) is 10.3. The fraction of sp³-hybridized carbons (Fsp3) is 0.231. The van der Waals surface area contributed by atoms with Crippen molar-refractivity contribution < 1.29 is 23.8 Å². The number of ether oxygens (including phenoxy) is 1. The summed E-state index contributed by atoms with van der Waals surface area (Å²) >= 11 is 0. The van der Waals surface area contributed by atoms with Gasteiger partial charge in [0, 0.05) is 5.69 Å². The van der Waals surface area contributed by atoms with Crippen LogP contribution in [-0.2, 0) is 15.0 Å². The van der Waals surface area contributed by atoms with Crippen LogP contribution in [0.25, 0.3) is 5.76 Å². The van der Waals surface area contributed by atoms with Crippen LogP contribution in [0.1, 0.15) is 43.7 Å². The Hall–Kier alpha value is -3.80. The molecule has 164 valence electrons. The van der Waals surface area contributed by atoms with Gasteiger partial charge in [0.1, 0.15) is 23.3 Å². The molecule has 3 aromatic rings. The molecule has 1 aliphatic rings. The van der Waals surface area contributed by atoms with Crippen molar-refractivity contribution in [1.82, 2.24) is 0 Å². The van der Waals surface area contributed by atoms with Crippen molar-refractivity contribution in [1.29, 1.82) is 0 Å². The molecule has 6 heteroatoms. The van der Waals surface area contributed by atoms with Gasteiger partial charge in [-0.25, -0.2) is 0 Å². The minimum atomic E-state index is -0.907. The summed E-state index contributed by atoms with van der Waals surface area (Å²) in [6.45, 7) is 6.30. The maximum Gasteiger partial charge on any atom is 0.300 e. The second kappa shape index (κ2) is 8.04. The summed E-state index contributed by atoms with van der Waals surface area (Å²) in [4.78, 5) is 27.7. The van der Waals surface area contributed by atoms with Crippen molar-refractivity contribution >= 4 is 23.1 Å². The van der Waals surface area contributed by atoms with E-state index in [1.807, 2.05) is 24.3 Å². The third kappa shape index (κ3) is 3.58. The van der Waals surface area contributed by atoms with Gasteiger partial charge < -0.3 is 14.3 Å². The molecule has 2 aromatic carbocycles. The van der Waals surface area contributed by atoms with Crippen LogP contribution in [0.3, 0.4) is 0 Å². The highest BCUT2D eigenvalue weighted by molar-refractivity contribution is 6.51. The zero-order valence-corrected chi connectivity index (χ0v) is 18.5. The molecule has 1 fully saturated rings. The average molecular weight is 431 g/mol. The number of methoxy groups -OCH3 is 1. The minimum absolute atomic E-state index is 0.0469. The molecule has 1 amide bonds. The number of hydrogen-bond acceptors (Lipinski definition) is 5. The molecule has 0 aliphatic carbocycles. The van der Waals surface area contributed by atoms with Crippen LogP contribution >= 0.6 is 0 Å². The molecule has 0 bridgehead atoms. The molecular weight excluding hydrogens is 406 g/mol. The Morgan fingerprint density at radius 3 is 2.28 bits per heavy atom. The number of para-hydroxylation sites is 1. The summed E-state index contributed by atoms with van der Waals surface area (Å²) < 4.78 is 10.9. The largest absolute Gasteiger partial charge is 0.507 e. The van der Waals surface area contributed by atoms with Crippen molar-refractivity contribution in [3.63, 3.8) is 0 Å². The standard InChI is InChI=1S/C26H25NO5/c1-26(2,3)16-11-13-17(14-12-16)27-22(20-10-7-15-32-20)21(24(29)25(27)30)23(28)18-8-5-6-9-19(18)31-4/h5-15,22,28H,1-4H3/b23-21-. The van der Waals surface area contributed by atoms with Crippen molar-refractivity contribution in [2.24, 2.45) is 0 Å². The van der Waals surface area contributed by atoms with Gasteiger partial charge in [-0.15, -0.1) is 0 Å². The Labute approximate surface area is 186 Å². The Morgan fingerprint density at radius 1 is 1.00 bits per heavy atom. The monoisotopic (exact) mass is 431 g/mol. The topological polar surface area (TPSA) is 80.0 Å². The number of amides is 1. The number of furan rings is 1. The lowest BCUT2D eigenvalue weighted by Crippen LogP contribution is -2.29. The smallest absolute Gasteiger partial charge is 0.300 e. The number of aliphatic hydroxyl groups excluding tert-OH is 1. The van der Waals surface area contributed by atoms with E-state index < -0.39 is 17.7 Å². The summed E-state index contributed by atoms with van der Waals surface area (Å²) in [6.07, 6.45) is 1.47. The van der Waals surface area contributed by atoms with E-state index in [0.717, 1.165) is 5.56 Å². The highest BCUT2D eigenvalue weighted by atomic mass is 16.5. The Bertz CT molecular complexity index is 1180. The number of aliphatic hydroxyl groups is 1. The number of rotatable bonds is 4. The third-order valence-corrected chi connectivity index (χ3v) is 5.63. The molecule has 6 nitrogen and oxygen atoms in total. The summed E-state index contributed by atoms with van der Waals surface area (Å²) in [6, 6.07) is 16.8. The van der Waals surface area contributed by atoms with Crippen molar-refractivity contribution in [3.05, 3.63) is 89.4 Å². The van der Waals surface area contributed by atoms with Gasteiger partial charge >= 0.3 is 0 Å². The summed E-state index contributed by atoms with van der Waals surface area (Å²) in [5.41, 5.74) is 1.86. The molecule has 1 N–H and O–H groups in total. The molecule has 1 aliphatic heterocycles. The fourth-order valence-corrected chi connectivity index (χ4v) is 3.92. The summed E-state index contributed by atoms with van der Waals surface area (Å²) in [7, 11) is 1.48. The van der Waals surface area contributed by atoms with E-state index in [-0.39, 0.29) is 16.7 Å². The Morgan fingerprint density at radius 2 is 1.69 bits per heavy atom. The Kier molecular flexibility index (Phi) is 5.38. The van der Waals surface area contributed by atoms with E-state index in [2.05, 4.69) is 20.8 Å². The number of carbonyl (C=O) groups excluding carboxylic acids is 2. The Balaban J connectivity index is 1.89. The summed E-state index contributed by atoms with van der Waals surface area (Å²) in [5.74, 6) is -1.05. The van der Waals surface area contributed by atoms with Gasteiger partial charge in [-0.3, -0.25) is 14.5 Å². The number of anilines is 1. The zero-order chi connectivity index (χ0) is 23.0. The third-order valence-electron chi connectivity index (χ3n) is 5.63. The quantitative estimate of drug-likeness (QED) is 0.348. The van der Waals surface area contributed by atoms with Crippen LogP contribution in [-0.4, -0.2) is 23.9 Å². The first kappa shape index (κ1) is 21.4. The van der Waals surface area contributed by atoms with Crippen LogP contribution in [0.5, 0.6) is 5.75 Å². The number of Topliss-reactive ketones (excluding diaryl/α,β-unsaturated/α-hetero) is 1. The van der Waals surface area contributed by atoms with Crippen LogP contribution in [0.15, 0.2) is 76.9 Å². The van der Waals surface area contributed by atoms with E-state index in [0.29, 0.717) is 22.8 Å². The number of ketones is 1. The number of hydrogen-bond donors (Lipinski definition) is 1. The predicted molar refractivity (Wildman–Crippen MR) is 122 cm³/mol. The molecular formula is C26H25NO5. The SMILES string of the molecule is COc1ccccc1/C(O)=C1/C(=O)C(=O)N(c2ccc(C(C)(C)C)cc2)C1c1ccco1. The van der Waals surface area contributed by atoms with Crippen LogP contribution in [0, 0.1) is 0 Å². The number of benzene rings is 2. The van der Waals surface area contributed by atoms with E-state index in [4.69, 9.17) is 9.15 Å². The van der Waals surface area contributed by atoms with E-state index >= 15 is 0 Å². The summed E-state index contributed by atoms with van der Waals surface area (Å²) in [5, 5.41) is 11.2. The van der Waals surface area contributed by atoms with Gasteiger partial charge in [-0.2, -0.15) is 0 Å². The van der Waals surface area contributed by atoms with Crippen LogP contribution in [0.2, 0.25) is 0 Å². The number of carbonyl (C=O) groups is 2. The lowest BCUT2D eigenvalue weighted by molar-refractivity contribution is -0.132. The van der Waals surface area contributed by atoms with E-state index in [1.54, 1.807) is 36.4 Å². The first-order chi connectivity index (χ1) is 15.2. The minimum Gasteiger partial charge on any atom is -0.507 e. The lowest BCUT2D eigenvalue weighted by Gasteiger charge is -2.25. The highest BCUT2D eigenvalue weighted by Crippen LogP contribution is 2.43. The molecule has 4 rings (SSSR count). The molecule has 2 heterocycles. The predicted octanol–water partition coefficient (Wildman–Crippen LogP) is 5.21. The molecule has 0 radical (unpaired) electrons. The maximum absolute atomic E-state index is 13.2. The molecule has 1 atom stereocenters. The van der Waals surface area contributed by atoms with Crippen LogP contribution in [0.4, 0.5) is 5.69 Å². The van der Waals surface area contributed by atoms with Gasteiger partial charge in [0.05, 0.1) is 24.5 Å². The first-order valence-corrected chi connectivity index (χ1v) is 10.3. The van der Waals surface area contributed by atoms with Crippen LogP contribution < -0.4 is 9.64 Å². The van der Waals surface area contributed by atoms with Gasteiger partial charge in [0.15, 0.2) is 0 Å². The molecule has 1 unspecified atom stereocenters. The van der Waals surface area contributed by atoms with Gasteiger partial charge in [0.25, 0.3) is 11.7 Å². The highest BCUT2D eigenvalue weighted by Gasteiger charge is 2.48. The zero-order valence-electron chi connectivity index (χ0n) is 18.5. The number of nitrogens with zero attached hydrogens (tertiary/aromatic N) is 1. The van der Waals surface area contributed by atoms with Gasteiger partial charge in [0.2, 0.25) is 0 Å². The van der Waals surface area contributed by atoms with Crippen molar-refractivity contribution in [2.75, 3.05) is 12.0 Å². The van der Waals surface area contributed by atoms with Crippen molar-refractivity contribution in [2.45, 2.75) is 32.2 Å². The van der Waals surface area contributed by atoms with Gasteiger partial charge in [-0.05, 0) is 47.4 Å². The molecule has 1 aromatic heterocycles. The normalized spacial score (nSPS) is 18.2. The van der Waals surface area contributed by atoms with Crippen molar-refractivity contribution in [3.8, 4) is 5.75 Å². The average Bonchev–Trinajstić information content (AvgIpc) is 3.40. The molecule has 32 heavy (non-hydrogen) atoms. The second-order valence-corrected chi connectivity index (χ2v) is 8.68. The van der Waals surface area contributed by atoms with E-state index in [1.165, 1.54) is 18.3 Å². The molecule has 1 saturated heterocycles. The van der Waals surface area contributed by atoms with E-state index in [9.17, 15) is 14.7 Å². The second-order valence-electron chi connectivity index (χ2n) is 8.68.